The number of halogens is 1. The van der Waals surface area contributed by atoms with Crippen LogP contribution in [0.3, 0.4) is 0 Å². The second-order valence-electron chi connectivity index (χ2n) is 3.28. The van der Waals surface area contributed by atoms with Gasteiger partial charge in [0, 0.05) is 5.56 Å². The van der Waals surface area contributed by atoms with E-state index in [0.29, 0.717) is 5.76 Å². The van der Waals surface area contributed by atoms with Gasteiger partial charge in [-0.25, -0.2) is 4.39 Å². The summed E-state index contributed by atoms with van der Waals surface area (Å²) in [6.45, 7) is 0. The molecule has 84 valence electrons. The quantitative estimate of drug-likeness (QED) is 0.867. The first-order chi connectivity index (χ1) is 7.74. The molecule has 1 N–H and O–H groups in total. The van der Waals surface area contributed by atoms with Gasteiger partial charge in [0.15, 0.2) is 11.6 Å². The number of methoxy groups -OCH3 is 1. The smallest absolute Gasteiger partial charge is 0.171 e. The number of hydrogen-bond donors (Lipinski definition) is 1. The molecule has 0 bridgehead atoms. The summed E-state index contributed by atoms with van der Waals surface area (Å²) >= 11 is 0. The fourth-order valence-corrected chi connectivity index (χ4v) is 1.50. The van der Waals surface area contributed by atoms with Crippen LogP contribution in [0.5, 0.6) is 5.75 Å². The van der Waals surface area contributed by atoms with Crippen molar-refractivity contribution >= 4 is 0 Å². The monoisotopic (exact) mass is 222 g/mol. The van der Waals surface area contributed by atoms with Crippen molar-refractivity contribution in [3.8, 4) is 5.75 Å². The second kappa shape index (κ2) is 4.37. The predicted molar refractivity (Wildman–Crippen MR) is 55.7 cm³/mol. The molecule has 2 aromatic rings. The largest absolute Gasteiger partial charge is 0.494 e. The molecule has 0 radical (unpaired) electrons. The maximum Gasteiger partial charge on any atom is 0.171 e. The molecule has 0 fully saturated rings. The molecule has 2 rings (SSSR count). The number of ether oxygens (including phenoxy) is 1. The van der Waals surface area contributed by atoms with Crippen LogP contribution < -0.4 is 4.74 Å². The highest BCUT2D eigenvalue weighted by molar-refractivity contribution is 5.35. The van der Waals surface area contributed by atoms with E-state index in [-0.39, 0.29) is 11.3 Å². The summed E-state index contributed by atoms with van der Waals surface area (Å²) in [7, 11) is 1.38. The van der Waals surface area contributed by atoms with Crippen LogP contribution in [0.4, 0.5) is 4.39 Å². The molecular weight excluding hydrogens is 211 g/mol. The Morgan fingerprint density at radius 3 is 2.75 bits per heavy atom. The van der Waals surface area contributed by atoms with Crippen molar-refractivity contribution in [2.24, 2.45) is 0 Å². The third kappa shape index (κ3) is 1.79. The van der Waals surface area contributed by atoms with E-state index in [0.717, 1.165) is 0 Å². The van der Waals surface area contributed by atoms with Crippen molar-refractivity contribution < 1.29 is 18.7 Å². The number of rotatable bonds is 3. The topological polar surface area (TPSA) is 42.6 Å². The standard InChI is InChI=1S/C12H11FO3/c1-15-9-5-2-4-8(11(9)13)12(14)10-6-3-7-16-10/h2-7,12,14H,1H3. The Labute approximate surface area is 92.1 Å². The third-order valence-corrected chi connectivity index (χ3v) is 2.32. The average molecular weight is 222 g/mol. The number of benzene rings is 1. The number of aliphatic hydroxyl groups excluding tert-OH is 1. The maximum atomic E-state index is 13.8. The minimum absolute atomic E-state index is 0.100. The van der Waals surface area contributed by atoms with Crippen molar-refractivity contribution in [3.63, 3.8) is 0 Å². The van der Waals surface area contributed by atoms with Crippen LogP contribution in [-0.4, -0.2) is 12.2 Å². The minimum Gasteiger partial charge on any atom is -0.494 e. The van der Waals surface area contributed by atoms with Crippen molar-refractivity contribution in [2.45, 2.75) is 6.10 Å². The summed E-state index contributed by atoms with van der Waals surface area (Å²) < 4.78 is 23.6. The lowest BCUT2D eigenvalue weighted by molar-refractivity contribution is 0.183. The molecule has 1 aromatic carbocycles. The van der Waals surface area contributed by atoms with Gasteiger partial charge in [-0.1, -0.05) is 12.1 Å². The lowest BCUT2D eigenvalue weighted by Crippen LogP contribution is -2.02. The van der Waals surface area contributed by atoms with E-state index in [1.54, 1.807) is 18.2 Å². The molecule has 4 heteroatoms. The highest BCUT2D eigenvalue weighted by Gasteiger charge is 2.19. The molecule has 0 aliphatic heterocycles. The minimum atomic E-state index is -1.12. The third-order valence-electron chi connectivity index (χ3n) is 2.32. The van der Waals surface area contributed by atoms with Gasteiger partial charge in [-0.15, -0.1) is 0 Å². The molecule has 0 aliphatic rings. The lowest BCUT2D eigenvalue weighted by atomic mass is 10.1. The molecule has 1 aromatic heterocycles. The van der Waals surface area contributed by atoms with Gasteiger partial charge in [0.25, 0.3) is 0 Å². The van der Waals surface area contributed by atoms with Gasteiger partial charge < -0.3 is 14.3 Å². The number of furan rings is 1. The Kier molecular flexibility index (Phi) is 2.92. The predicted octanol–water partition coefficient (Wildman–Crippen LogP) is 2.51. The molecule has 3 nitrogen and oxygen atoms in total. The number of hydrogen-bond acceptors (Lipinski definition) is 3. The molecule has 0 amide bonds. The van der Waals surface area contributed by atoms with E-state index in [1.807, 2.05) is 0 Å². The van der Waals surface area contributed by atoms with Gasteiger partial charge in [0.1, 0.15) is 11.9 Å². The molecular formula is C12H11FO3. The highest BCUT2D eigenvalue weighted by atomic mass is 19.1. The van der Waals surface area contributed by atoms with Crippen LogP contribution in [0.15, 0.2) is 41.0 Å². The Bertz CT molecular complexity index is 465. The van der Waals surface area contributed by atoms with Gasteiger partial charge in [-0.2, -0.15) is 0 Å². The highest BCUT2D eigenvalue weighted by Crippen LogP contribution is 2.29. The normalized spacial score (nSPS) is 12.4. The van der Waals surface area contributed by atoms with Crippen molar-refractivity contribution in [2.75, 3.05) is 7.11 Å². The van der Waals surface area contributed by atoms with Crippen LogP contribution in [-0.2, 0) is 0 Å². The summed E-state index contributed by atoms with van der Waals surface area (Å²) in [6.07, 6.45) is 0.307. The van der Waals surface area contributed by atoms with E-state index in [2.05, 4.69) is 0 Å². The Balaban J connectivity index is 2.41. The summed E-state index contributed by atoms with van der Waals surface area (Å²) in [5.74, 6) is -0.177. The van der Waals surface area contributed by atoms with Crippen LogP contribution in [0.1, 0.15) is 17.4 Å². The second-order valence-corrected chi connectivity index (χ2v) is 3.28. The van der Waals surface area contributed by atoms with Crippen molar-refractivity contribution in [1.82, 2.24) is 0 Å². The molecule has 0 aliphatic carbocycles. The van der Waals surface area contributed by atoms with Crippen molar-refractivity contribution in [1.29, 1.82) is 0 Å². The first-order valence-electron chi connectivity index (χ1n) is 4.78. The maximum absolute atomic E-state index is 13.8. The zero-order chi connectivity index (χ0) is 11.5. The van der Waals surface area contributed by atoms with E-state index in [4.69, 9.17) is 9.15 Å². The molecule has 1 heterocycles. The molecule has 0 spiro atoms. The summed E-state index contributed by atoms with van der Waals surface area (Å²) in [5, 5.41) is 9.89. The van der Waals surface area contributed by atoms with Crippen LogP contribution in [0, 0.1) is 5.82 Å². The van der Waals surface area contributed by atoms with Gasteiger partial charge >= 0.3 is 0 Å². The van der Waals surface area contributed by atoms with Gasteiger partial charge in [-0.3, -0.25) is 0 Å². The average Bonchev–Trinajstić information content (AvgIpc) is 2.82. The lowest BCUT2D eigenvalue weighted by Gasteiger charge is -2.11. The summed E-state index contributed by atoms with van der Waals surface area (Å²) in [6, 6.07) is 7.82. The van der Waals surface area contributed by atoms with Crippen molar-refractivity contribution in [3.05, 3.63) is 53.7 Å². The van der Waals surface area contributed by atoms with E-state index in [9.17, 15) is 9.50 Å². The van der Waals surface area contributed by atoms with Gasteiger partial charge in [0.2, 0.25) is 0 Å². The van der Waals surface area contributed by atoms with E-state index >= 15 is 0 Å². The zero-order valence-electron chi connectivity index (χ0n) is 8.68. The Morgan fingerprint density at radius 2 is 2.12 bits per heavy atom. The van der Waals surface area contributed by atoms with Crippen LogP contribution >= 0.6 is 0 Å². The Morgan fingerprint density at radius 1 is 1.31 bits per heavy atom. The SMILES string of the molecule is COc1cccc(C(O)c2ccco2)c1F. The molecule has 1 unspecified atom stereocenters. The van der Waals surface area contributed by atoms with E-state index in [1.165, 1.54) is 25.5 Å². The molecule has 0 saturated carbocycles. The number of aliphatic hydroxyl groups is 1. The molecule has 1 atom stereocenters. The van der Waals surface area contributed by atoms with Crippen LogP contribution in [0.25, 0.3) is 0 Å². The first-order valence-corrected chi connectivity index (χ1v) is 4.78. The first kappa shape index (κ1) is 10.7. The van der Waals surface area contributed by atoms with Crippen LogP contribution in [0.2, 0.25) is 0 Å². The molecule has 16 heavy (non-hydrogen) atoms. The fraction of sp³-hybridized carbons (Fsp3) is 0.167. The molecule has 0 saturated heterocycles. The summed E-state index contributed by atoms with van der Waals surface area (Å²) in [4.78, 5) is 0. The Hall–Kier alpha value is -1.81. The van der Waals surface area contributed by atoms with E-state index < -0.39 is 11.9 Å². The zero-order valence-corrected chi connectivity index (χ0v) is 8.68. The van der Waals surface area contributed by atoms with Gasteiger partial charge in [-0.05, 0) is 18.2 Å². The summed E-state index contributed by atoms with van der Waals surface area (Å²) in [5.41, 5.74) is 0.134. The fourth-order valence-electron chi connectivity index (χ4n) is 1.50. The van der Waals surface area contributed by atoms with Gasteiger partial charge in [0.05, 0.1) is 13.4 Å².